The van der Waals surface area contributed by atoms with Gasteiger partial charge in [-0.3, -0.25) is 0 Å². The first kappa shape index (κ1) is 11.1. The highest BCUT2D eigenvalue weighted by Crippen LogP contribution is 2.24. The number of nitrogens with two attached hydrogens (primary N) is 1. The molecule has 1 aromatic rings. The van der Waals surface area contributed by atoms with Gasteiger partial charge < -0.3 is 5.73 Å². The van der Waals surface area contributed by atoms with Gasteiger partial charge in [0.1, 0.15) is 0 Å². The van der Waals surface area contributed by atoms with Gasteiger partial charge in [0.2, 0.25) is 0 Å². The molecule has 1 aromatic carbocycles. The summed E-state index contributed by atoms with van der Waals surface area (Å²) in [7, 11) is 0. The zero-order valence-corrected chi connectivity index (χ0v) is 9.23. The van der Waals surface area contributed by atoms with Crippen LogP contribution in [0.1, 0.15) is 30.5 Å². The fourth-order valence-electron chi connectivity index (χ4n) is 1.35. The molecule has 0 aliphatic heterocycles. The van der Waals surface area contributed by atoms with Crippen molar-refractivity contribution in [3.8, 4) is 11.8 Å². The first-order valence-corrected chi connectivity index (χ1v) is 4.94. The lowest BCUT2D eigenvalue weighted by Crippen LogP contribution is -2.10. The molecule has 0 aromatic heterocycles. The van der Waals surface area contributed by atoms with Crippen LogP contribution in [0.3, 0.4) is 0 Å². The zero-order chi connectivity index (χ0) is 10.6. The third kappa shape index (κ3) is 2.51. The van der Waals surface area contributed by atoms with Crippen molar-refractivity contribution in [3.05, 3.63) is 34.3 Å². The molecule has 0 radical (unpaired) electrons. The van der Waals surface area contributed by atoms with Gasteiger partial charge in [-0.05, 0) is 31.0 Å². The highest BCUT2D eigenvalue weighted by Gasteiger charge is 2.08. The van der Waals surface area contributed by atoms with Gasteiger partial charge in [-0.15, -0.1) is 11.8 Å². The number of rotatable bonds is 2. The van der Waals surface area contributed by atoms with Crippen molar-refractivity contribution >= 4 is 11.6 Å². The van der Waals surface area contributed by atoms with Crippen LogP contribution >= 0.6 is 11.6 Å². The van der Waals surface area contributed by atoms with Crippen molar-refractivity contribution in [3.63, 3.8) is 0 Å². The first-order chi connectivity index (χ1) is 6.66. The summed E-state index contributed by atoms with van der Waals surface area (Å²) < 4.78 is 0. The Labute approximate surface area is 90.3 Å². The van der Waals surface area contributed by atoms with Crippen LogP contribution in [0.15, 0.2) is 18.2 Å². The van der Waals surface area contributed by atoms with Crippen LogP contribution in [0.2, 0.25) is 5.02 Å². The van der Waals surface area contributed by atoms with Gasteiger partial charge in [0.25, 0.3) is 0 Å². The second kappa shape index (κ2) is 5.05. The maximum absolute atomic E-state index is 6.00. The van der Waals surface area contributed by atoms with Crippen molar-refractivity contribution in [2.24, 2.45) is 5.73 Å². The minimum atomic E-state index is -0.0406. The van der Waals surface area contributed by atoms with E-state index in [0.29, 0.717) is 6.42 Å². The minimum absolute atomic E-state index is 0.0406. The Hall–Kier alpha value is -0.970. The largest absolute Gasteiger partial charge is 0.323 e. The average Bonchev–Trinajstić information content (AvgIpc) is 2.18. The van der Waals surface area contributed by atoms with Crippen molar-refractivity contribution < 1.29 is 0 Å². The lowest BCUT2D eigenvalue weighted by atomic mass is 10.00. The lowest BCUT2D eigenvalue weighted by molar-refractivity contribution is 0.748. The summed E-state index contributed by atoms with van der Waals surface area (Å²) in [6.45, 7) is 3.80. The van der Waals surface area contributed by atoms with Gasteiger partial charge in [0.05, 0.1) is 0 Å². The zero-order valence-electron chi connectivity index (χ0n) is 8.47. The quantitative estimate of drug-likeness (QED) is 0.742. The molecule has 0 fully saturated rings. The van der Waals surface area contributed by atoms with Crippen LogP contribution in [-0.4, -0.2) is 0 Å². The Bertz CT molecular complexity index is 374. The fourth-order valence-corrected chi connectivity index (χ4v) is 1.53. The first-order valence-electron chi connectivity index (χ1n) is 4.57. The van der Waals surface area contributed by atoms with Crippen LogP contribution in [0.4, 0.5) is 0 Å². The molecule has 1 rings (SSSR count). The SMILES string of the molecule is CC#CCC(N)c1cccc(Cl)c1C. The Morgan fingerprint density at radius 2 is 2.21 bits per heavy atom. The molecule has 2 heteroatoms. The smallest absolute Gasteiger partial charge is 0.0438 e. The maximum atomic E-state index is 6.00. The van der Waals surface area contributed by atoms with Gasteiger partial charge in [0.15, 0.2) is 0 Å². The lowest BCUT2D eigenvalue weighted by Gasteiger charge is -2.12. The normalized spacial score (nSPS) is 11.7. The molecule has 0 spiro atoms. The topological polar surface area (TPSA) is 26.0 Å². The molecule has 14 heavy (non-hydrogen) atoms. The molecule has 0 saturated carbocycles. The summed E-state index contributed by atoms with van der Waals surface area (Å²) in [4.78, 5) is 0. The molecule has 0 heterocycles. The molecular weight excluding hydrogens is 194 g/mol. The van der Waals surface area contributed by atoms with E-state index in [-0.39, 0.29) is 6.04 Å². The van der Waals surface area contributed by atoms with E-state index >= 15 is 0 Å². The van der Waals surface area contributed by atoms with Gasteiger partial charge in [-0.1, -0.05) is 23.7 Å². The third-order valence-electron chi connectivity index (χ3n) is 2.21. The monoisotopic (exact) mass is 207 g/mol. The highest BCUT2D eigenvalue weighted by atomic mass is 35.5. The molecule has 1 atom stereocenters. The van der Waals surface area contributed by atoms with Gasteiger partial charge in [-0.2, -0.15) is 0 Å². The van der Waals surface area contributed by atoms with Crippen molar-refractivity contribution in [2.45, 2.75) is 26.3 Å². The molecule has 1 nitrogen and oxygen atoms in total. The van der Waals surface area contributed by atoms with E-state index in [1.165, 1.54) is 0 Å². The van der Waals surface area contributed by atoms with Gasteiger partial charge in [0, 0.05) is 17.5 Å². The summed E-state index contributed by atoms with van der Waals surface area (Å²) >= 11 is 6.00. The molecule has 2 N–H and O–H groups in total. The van der Waals surface area contributed by atoms with Crippen LogP contribution in [0.25, 0.3) is 0 Å². The Morgan fingerprint density at radius 1 is 1.50 bits per heavy atom. The number of hydrogen-bond donors (Lipinski definition) is 1. The second-order valence-corrected chi connectivity index (χ2v) is 3.60. The van der Waals surface area contributed by atoms with Gasteiger partial charge >= 0.3 is 0 Å². The summed E-state index contributed by atoms with van der Waals surface area (Å²) in [5, 5.41) is 0.766. The number of hydrogen-bond acceptors (Lipinski definition) is 1. The predicted molar refractivity (Wildman–Crippen MR) is 61.2 cm³/mol. The summed E-state index contributed by atoms with van der Waals surface area (Å²) in [5.41, 5.74) is 8.13. The maximum Gasteiger partial charge on any atom is 0.0438 e. The number of benzene rings is 1. The molecule has 1 unspecified atom stereocenters. The van der Waals surface area contributed by atoms with E-state index in [1.54, 1.807) is 0 Å². The van der Waals surface area contributed by atoms with E-state index in [0.717, 1.165) is 16.1 Å². The standard InChI is InChI=1S/C12H14ClN/c1-3-4-8-12(14)10-6-5-7-11(13)9(10)2/h5-7,12H,8,14H2,1-2H3. The molecule has 0 bridgehead atoms. The molecule has 74 valence electrons. The third-order valence-corrected chi connectivity index (χ3v) is 2.62. The van der Waals surface area contributed by atoms with Crippen molar-refractivity contribution in [1.82, 2.24) is 0 Å². The summed E-state index contributed by atoms with van der Waals surface area (Å²) in [6.07, 6.45) is 0.678. The van der Waals surface area contributed by atoms with E-state index in [4.69, 9.17) is 17.3 Å². The minimum Gasteiger partial charge on any atom is -0.323 e. The van der Waals surface area contributed by atoms with Gasteiger partial charge in [-0.25, -0.2) is 0 Å². The molecule has 0 amide bonds. The predicted octanol–water partition coefficient (Wildman–Crippen LogP) is 3.06. The van der Waals surface area contributed by atoms with Crippen LogP contribution in [0, 0.1) is 18.8 Å². The fraction of sp³-hybridized carbons (Fsp3) is 0.333. The average molecular weight is 208 g/mol. The van der Waals surface area contributed by atoms with E-state index in [9.17, 15) is 0 Å². The second-order valence-electron chi connectivity index (χ2n) is 3.19. The Balaban J connectivity index is 2.93. The molecule has 0 saturated heterocycles. The van der Waals surface area contributed by atoms with E-state index < -0.39 is 0 Å². The Kier molecular flexibility index (Phi) is 4.00. The number of halogens is 1. The summed E-state index contributed by atoms with van der Waals surface area (Å²) in [6, 6.07) is 5.76. The Morgan fingerprint density at radius 3 is 2.86 bits per heavy atom. The molecule has 0 aliphatic carbocycles. The molecule has 0 aliphatic rings. The van der Waals surface area contributed by atoms with E-state index in [1.807, 2.05) is 32.0 Å². The van der Waals surface area contributed by atoms with Crippen molar-refractivity contribution in [1.29, 1.82) is 0 Å². The molecular formula is C12H14ClN. The van der Waals surface area contributed by atoms with Crippen molar-refractivity contribution in [2.75, 3.05) is 0 Å². The van der Waals surface area contributed by atoms with E-state index in [2.05, 4.69) is 11.8 Å². The van der Waals surface area contributed by atoms with Crippen LogP contribution in [0.5, 0.6) is 0 Å². The highest BCUT2D eigenvalue weighted by molar-refractivity contribution is 6.31. The van der Waals surface area contributed by atoms with Crippen LogP contribution in [-0.2, 0) is 0 Å². The van der Waals surface area contributed by atoms with Crippen LogP contribution < -0.4 is 5.73 Å². The summed E-state index contributed by atoms with van der Waals surface area (Å²) in [5.74, 6) is 5.81.